The van der Waals surface area contributed by atoms with Crippen LogP contribution in [0.25, 0.3) is 0 Å². The van der Waals surface area contributed by atoms with Gasteiger partial charge in [-0.25, -0.2) is 0 Å². The minimum atomic E-state index is -1.03. The smallest absolute Gasteiger partial charge is 0.308 e. The van der Waals surface area contributed by atoms with Crippen LogP contribution in [0.15, 0.2) is 24.3 Å². The highest BCUT2D eigenvalue weighted by Gasteiger charge is 2.27. The molecule has 0 aliphatic carbocycles. The normalized spacial score (nSPS) is 13.1. The zero-order valence-corrected chi connectivity index (χ0v) is 17.2. The van der Waals surface area contributed by atoms with Crippen LogP contribution >= 0.6 is 0 Å². The monoisotopic (exact) mass is 391 g/mol. The number of anilines is 1. The summed E-state index contributed by atoms with van der Waals surface area (Å²) >= 11 is 0. The summed E-state index contributed by atoms with van der Waals surface area (Å²) in [5, 5.41) is 7.93. The quantitative estimate of drug-likeness (QED) is 0.616. The molecule has 3 amide bonds. The molecular weight excluding hydrogens is 362 g/mol. The molecule has 0 aromatic heterocycles. The summed E-state index contributed by atoms with van der Waals surface area (Å²) in [5.41, 5.74) is 0.772. The highest BCUT2D eigenvalue weighted by Crippen LogP contribution is 2.17. The van der Waals surface area contributed by atoms with Gasteiger partial charge in [-0.3, -0.25) is 19.2 Å². The molecule has 0 aliphatic heterocycles. The van der Waals surface area contributed by atoms with E-state index >= 15 is 0 Å². The van der Waals surface area contributed by atoms with E-state index in [2.05, 4.69) is 16.0 Å². The molecule has 0 saturated carbocycles. The molecule has 2 unspecified atom stereocenters. The fourth-order valence-electron chi connectivity index (χ4n) is 2.46. The van der Waals surface area contributed by atoms with Crippen molar-refractivity contribution in [3.05, 3.63) is 29.8 Å². The maximum atomic E-state index is 12.6. The Morgan fingerprint density at radius 3 is 2.00 bits per heavy atom. The first-order valence-electron chi connectivity index (χ1n) is 9.04. The van der Waals surface area contributed by atoms with Gasteiger partial charge in [-0.1, -0.05) is 12.1 Å². The molecule has 1 aromatic carbocycles. The summed E-state index contributed by atoms with van der Waals surface area (Å²) in [7, 11) is 0. The summed E-state index contributed by atoms with van der Waals surface area (Å²) < 4.78 is 5.23. The van der Waals surface area contributed by atoms with Gasteiger partial charge < -0.3 is 20.7 Å². The third-order valence-electron chi connectivity index (χ3n) is 3.57. The van der Waals surface area contributed by atoms with E-state index in [1.807, 2.05) is 0 Å². The molecule has 8 nitrogen and oxygen atoms in total. The molecule has 0 radical (unpaired) electrons. The summed E-state index contributed by atoms with van der Waals surface area (Å²) in [6.45, 7) is 9.66. The highest BCUT2D eigenvalue weighted by atomic mass is 16.6. The molecule has 2 atom stereocenters. The lowest BCUT2D eigenvalue weighted by Crippen LogP contribution is -2.48. The molecule has 3 N–H and O–H groups in total. The van der Waals surface area contributed by atoms with E-state index in [1.54, 1.807) is 52.0 Å². The molecule has 0 saturated heterocycles. The molecule has 1 rings (SSSR count). The predicted octanol–water partition coefficient (Wildman–Crippen LogP) is 2.06. The van der Waals surface area contributed by atoms with Crippen molar-refractivity contribution < 1.29 is 23.9 Å². The number of carbonyl (C=O) groups excluding carboxylic acids is 4. The van der Waals surface area contributed by atoms with E-state index in [-0.39, 0.29) is 18.4 Å². The van der Waals surface area contributed by atoms with E-state index in [9.17, 15) is 19.2 Å². The molecule has 0 aliphatic rings. The number of nitrogens with one attached hydrogen (secondary N) is 3. The van der Waals surface area contributed by atoms with Crippen molar-refractivity contribution in [3.8, 4) is 0 Å². The molecule has 8 heteroatoms. The summed E-state index contributed by atoms with van der Waals surface area (Å²) in [6, 6.07) is 5.61. The molecular formula is C20H29N3O5. The van der Waals surface area contributed by atoms with E-state index in [4.69, 9.17) is 4.74 Å². The molecule has 0 spiro atoms. The lowest BCUT2D eigenvalue weighted by molar-refractivity contribution is -0.156. The van der Waals surface area contributed by atoms with Gasteiger partial charge in [0.15, 0.2) is 0 Å². The first-order valence-corrected chi connectivity index (χ1v) is 9.04. The largest absolute Gasteiger partial charge is 0.460 e. The number of carbonyl (C=O) groups is 4. The third-order valence-corrected chi connectivity index (χ3v) is 3.57. The number of hydrogen-bond donors (Lipinski definition) is 3. The van der Waals surface area contributed by atoms with Gasteiger partial charge in [-0.15, -0.1) is 0 Å². The maximum absolute atomic E-state index is 12.6. The van der Waals surface area contributed by atoms with E-state index in [0.717, 1.165) is 5.56 Å². The minimum absolute atomic E-state index is 0.172. The van der Waals surface area contributed by atoms with Gasteiger partial charge in [-0.05, 0) is 45.4 Å². The van der Waals surface area contributed by atoms with Crippen molar-refractivity contribution in [2.45, 2.75) is 65.6 Å². The second-order valence-corrected chi connectivity index (χ2v) is 7.58. The number of esters is 1. The SMILES string of the molecule is CC(=O)Nc1ccc(C(C)NC(=O)C(CC(=O)OC(C)(C)C)NC(C)=O)cc1. The Balaban J connectivity index is 2.78. The van der Waals surface area contributed by atoms with Gasteiger partial charge in [0.1, 0.15) is 11.6 Å². The van der Waals surface area contributed by atoms with Crippen LogP contribution in [-0.2, 0) is 23.9 Å². The van der Waals surface area contributed by atoms with E-state index in [0.29, 0.717) is 5.69 Å². The summed E-state index contributed by atoms with van der Waals surface area (Å²) in [6.07, 6.45) is -0.267. The first kappa shape index (κ1) is 23.1. The Kier molecular flexibility index (Phi) is 8.16. The van der Waals surface area contributed by atoms with Gasteiger partial charge in [0.25, 0.3) is 0 Å². The molecule has 0 heterocycles. The van der Waals surface area contributed by atoms with Crippen molar-refractivity contribution >= 4 is 29.4 Å². The average Bonchev–Trinajstić information content (AvgIpc) is 2.51. The zero-order chi connectivity index (χ0) is 21.5. The van der Waals surface area contributed by atoms with Crippen molar-refractivity contribution in [1.82, 2.24) is 10.6 Å². The molecule has 28 heavy (non-hydrogen) atoms. The molecule has 154 valence electrons. The number of amides is 3. The lowest BCUT2D eigenvalue weighted by Gasteiger charge is -2.23. The fourth-order valence-corrected chi connectivity index (χ4v) is 2.46. The van der Waals surface area contributed by atoms with Crippen molar-refractivity contribution in [2.24, 2.45) is 0 Å². The zero-order valence-electron chi connectivity index (χ0n) is 17.2. The Morgan fingerprint density at radius 1 is 0.964 bits per heavy atom. The van der Waals surface area contributed by atoms with Gasteiger partial charge in [0, 0.05) is 19.5 Å². The number of ether oxygens (including phenoxy) is 1. The van der Waals surface area contributed by atoms with E-state index in [1.165, 1.54) is 13.8 Å². The second kappa shape index (κ2) is 9.87. The van der Waals surface area contributed by atoms with Crippen molar-refractivity contribution in [1.29, 1.82) is 0 Å². The van der Waals surface area contributed by atoms with Crippen LogP contribution in [0.5, 0.6) is 0 Å². The third kappa shape index (κ3) is 8.66. The van der Waals surface area contributed by atoms with Crippen LogP contribution in [0.1, 0.15) is 59.6 Å². The topological polar surface area (TPSA) is 114 Å². The predicted molar refractivity (Wildman–Crippen MR) is 105 cm³/mol. The minimum Gasteiger partial charge on any atom is -0.460 e. The number of benzene rings is 1. The van der Waals surface area contributed by atoms with Crippen LogP contribution in [0.3, 0.4) is 0 Å². The van der Waals surface area contributed by atoms with Gasteiger partial charge >= 0.3 is 5.97 Å². The van der Waals surface area contributed by atoms with Crippen LogP contribution in [-0.4, -0.2) is 35.3 Å². The van der Waals surface area contributed by atoms with Crippen molar-refractivity contribution in [2.75, 3.05) is 5.32 Å². The Labute approximate surface area is 165 Å². The van der Waals surface area contributed by atoms with Crippen LogP contribution in [0.2, 0.25) is 0 Å². The first-order chi connectivity index (χ1) is 12.9. The summed E-state index contributed by atoms with van der Waals surface area (Å²) in [4.78, 5) is 47.1. The molecule has 1 aromatic rings. The average molecular weight is 391 g/mol. The summed E-state index contributed by atoms with van der Waals surface area (Å²) in [5.74, 6) is -1.65. The second-order valence-electron chi connectivity index (χ2n) is 7.58. The van der Waals surface area contributed by atoms with E-state index < -0.39 is 29.4 Å². The Morgan fingerprint density at radius 2 is 1.54 bits per heavy atom. The Bertz CT molecular complexity index is 722. The van der Waals surface area contributed by atoms with Gasteiger partial charge in [-0.2, -0.15) is 0 Å². The van der Waals surface area contributed by atoms with Crippen LogP contribution < -0.4 is 16.0 Å². The molecule has 0 bridgehead atoms. The number of hydrogen-bond acceptors (Lipinski definition) is 5. The standard InChI is InChI=1S/C20H29N3O5/c1-12(15-7-9-16(10-8-15)22-13(2)24)21-19(27)17(23-14(3)25)11-18(26)28-20(4,5)6/h7-10,12,17H,11H2,1-6H3,(H,21,27)(H,22,24)(H,23,25). The lowest BCUT2D eigenvalue weighted by atomic mass is 10.1. The fraction of sp³-hybridized carbons (Fsp3) is 0.500. The highest BCUT2D eigenvalue weighted by molar-refractivity contribution is 5.91. The Hall–Kier alpha value is -2.90. The van der Waals surface area contributed by atoms with Crippen LogP contribution in [0.4, 0.5) is 5.69 Å². The molecule has 0 fully saturated rings. The van der Waals surface area contributed by atoms with Gasteiger partial charge in [0.05, 0.1) is 12.5 Å². The van der Waals surface area contributed by atoms with Crippen LogP contribution in [0, 0.1) is 0 Å². The van der Waals surface area contributed by atoms with Gasteiger partial charge in [0.2, 0.25) is 17.7 Å². The number of rotatable bonds is 7. The maximum Gasteiger partial charge on any atom is 0.308 e. The van der Waals surface area contributed by atoms with Crippen molar-refractivity contribution in [3.63, 3.8) is 0 Å².